The van der Waals surface area contributed by atoms with E-state index in [1.165, 1.54) is 6.92 Å². The third kappa shape index (κ3) is 6.87. The largest absolute Gasteiger partial charge is 1.00 e. The quantitative estimate of drug-likeness (QED) is 0.283. The Bertz CT molecular complexity index is 310. The fourth-order valence-corrected chi connectivity index (χ4v) is 1.19. The van der Waals surface area contributed by atoms with Crippen LogP contribution in [-0.2, 0) is 19.9 Å². The first-order valence-electron chi connectivity index (χ1n) is 3.27. The van der Waals surface area contributed by atoms with Crippen LogP contribution in [0, 0.1) is 0 Å². The van der Waals surface area contributed by atoms with Crippen LogP contribution in [0.1, 0.15) is 13.3 Å². The van der Waals surface area contributed by atoms with Crippen molar-refractivity contribution < 1.29 is 73.9 Å². The first-order chi connectivity index (χ1) is 5.75. The van der Waals surface area contributed by atoms with Gasteiger partial charge in [-0.1, -0.05) is 0 Å². The van der Waals surface area contributed by atoms with Crippen LogP contribution in [0.15, 0.2) is 0 Å². The molecule has 9 heteroatoms. The number of carbonyl (C=O) groups is 2. The summed E-state index contributed by atoms with van der Waals surface area (Å²) in [5.41, 5.74) is 4.47. The van der Waals surface area contributed by atoms with Gasteiger partial charge in [-0.15, -0.1) is 0 Å². The Morgan fingerprint density at radius 1 is 1.57 bits per heavy atom. The van der Waals surface area contributed by atoms with Gasteiger partial charge in [0, 0.05) is 19.9 Å². The standard InChI is InChI=1S/C3H5NO4S.C2H5NO.K/c5-3-1-2-4(3)9(6,7)8;1-2(3)4;/h1-2H2,(H,6,7,8);1H3,(H2,3,4);/q;;+1/p-1. The van der Waals surface area contributed by atoms with Gasteiger partial charge < -0.3 is 10.3 Å². The van der Waals surface area contributed by atoms with Gasteiger partial charge in [0.15, 0.2) is 10.3 Å². The van der Waals surface area contributed by atoms with Crippen molar-refractivity contribution in [3.8, 4) is 0 Å². The first kappa shape index (κ1) is 16.9. The summed E-state index contributed by atoms with van der Waals surface area (Å²) in [5.74, 6) is -0.940. The molecule has 14 heavy (non-hydrogen) atoms. The predicted octanol–water partition coefficient (Wildman–Crippen LogP) is -4.83. The SMILES string of the molecule is CC(N)=O.O=C1CCN1S(=O)(=O)[O-].[K+]. The predicted molar refractivity (Wildman–Crippen MR) is 40.9 cm³/mol. The van der Waals surface area contributed by atoms with Crippen LogP contribution in [-0.4, -0.2) is 35.6 Å². The Labute approximate surface area is 124 Å². The number of β-lactam (4-membered cyclic amide) rings is 1. The Hall–Kier alpha value is 0.486. The zero-order chi connectivity index (χ0) is 10.6. The number of primary amides is 1. The summed E-state index contributed by atoms with van der Waals surface area (Å²) in [6.07, 6.45) is 0.168. The zero-order valence-electron chi connectivity index (χ0n) is 7.89. The van der Waals surface area contributed by atoms with Crippen LogP contribution in [0.2, 0.25) is 0 Å². The molecule has 0 radical (unpaired) electrons. The summed E-state index contributed by atoms with van der Waals surface area (Å²) < 4.78 is 30.2. The van der Waals surface area contributed by atoms with E-state index in [2.05, 4.69) is 5.73 Å². The Kier molecular flexibility index (Phi) is 8.30. The molecule has 0 unspecified atom stereocenters. The van der Waals surface area contributed by atoms with Gasteiger partial charge in [-0.3, -0.25) is 9.59 Å². The van der Waals surface area contributed by atoms with Crippen LogP contribution >= 0.6 is 0 Å². The Morgan fingerprint density at radius 3 is 1.93 bits per heavy atom. The molecular weight excluding hydrogens is 239 g/mol. The average molecular weight is 248 g/mol. The number of hydrogen-bond acceptors (Lipinski definition) is 5. The van der Waals surface area contributed by atoms with Crippen LogP contribution in [0.3, 0.4) is 0 Å². The van der Waals surface area contributed by atoms with E-state index < -0.39 is 16.2 Å². The molecule has 2 N–H and O–H groups in total. The molecule has 0 bridgehead atoms. The fourth-order valence-electron chi connectivity index (χ4n) is 0.531. The normalized spacial score (nSPS) is 14.4. The van der Waals surface area contributed by atoms with Crippen molar-refractivity contribution in [1.29, 1.82) is 0 Å². The molecule has 2 amide bonds. The minimum Gasteiger partial charge on any atom is -0.731 e. The van der Waals surface area contributed by atoms with E-state index >= 15 is 0 Å². The third-order valence-corrected chi connectivity index (χ3v) is 2.00. The van der Waals surface area contributed by atoms with E-state index in [9.17, 15) is 22.6 Å². The number of rotatable bonds is 1. The summed E-state index contributed by atoms with van der Waals surface area (Å²) in [4.78, 5) is 19.4. The van der Waals surface area contributed by atoms with Crippen LogP contribution in [0.4, 0.5) is 0 Å². The molecule has 1 saturated heterocycles. The summed E-state index contributed by atoms with van der Waals surface area (Å²) in [6, 6.07) is 0. The van der Waals surface area contributed by atoms with E-state index in [-0.39, 0.29) is 70.3 Å². The number of nitrogens with two attached hydrogens (primary N) is 1. The Balaban J connectivity index is 0. The number of amides is 2. The zero-order valence-corrected chi connectivity index (χ0v) is 11.8. The maximum absolute atomic E-state index is 10.2. The van der Waals surface area contributed by atoms with Crippen molar-refractivity contribution >= 4 is 22.1 Å². The van der Waals surface area contributed by atoms with E-state index in [1.54, 1.807) is 0 Å². The molecule has 76 valence electrons. The summed E-state index contributed by atoms with van der Waals surface area (Å²) in [6.45, 7) is 1.35. The summed E-state index contributed by atoms with van der Waals surface area (Å²) in [7, 11) is -4.48. The molecule has 0 aliphatic carbocycles. The second kappa shape index (κ2) is 6.88. The average Bonchev–Trinajstić information content (AvgIpc) is 1.79. The minimum atomic E-state index is -4.48. The van der Waals surface area contributed by atoms with Gasteiger partial charge in [0.25, 0.3) is 0 Å². The van der Waals surface area contributed by atoms with Crippen molar-refractivity contribution in [2.75, 3.05) is 6.54 Å². The molecule has 1 heterocycles. The van der Waals surface area contributed by atoms with Gasteiger partial charge in [0.2, 0.25) is 11.8 Å². The second-order valence-corrected chi connectivity index (χ2v) is 3.58. The molecule has 1 aliphatic rings. The molecule has 0 aromatic carbocycles. The van der Waals surface area contributed by atoms with E-state index in [1.807, 2.05) is 0 Å². The van der Waals surface area contributed by atoms with Crippen molar-refractivity contribution in [3.63, 3.8) is 0 Å². The van der Waals surface area contributed by atoms with Gasteiger partial charge in [0.05, 0.1) is 0 Å². The smallest absolute Gasteiger partial charge is 0.731 e. The van der Waals surface area contributed by atoms with Crippen LogP contribution in [0.5, 0.6) is 0 Å². The molecule has 0 aromatic rings. The van der Waals surface area contributed by atoms with E-state index in [0.717, 1.165) is 0 Å². The van der Waals surface area contributed by atoms with Gasteiger partial charge in [-0.2, -0.15) is 0 Å². The third-order valence-electron chi connectivity index (χ3n) is 1.08. The summed E-state index contributed by atoms with van der Waals surface area (Å²) in [5, 5.41) is 0. The van der Waals surface area contributed by atoms with E-state index in [0.29, 0.717) is 4.31 Å². The van der Waals surface area contributed by atoms with E-state index in [4.69, 9.17) is 0 Å². The minimum absolute atomic E-state index is 0. The van der Waals surface area contributed by atoms with Gasteiger partial charge in [-0.05, 0) is 0 Å². The topological polar surface area (TPSA) is 121 Å². The van der Waals surface area contributed by atoms with Crippen molar-refractivity contribution in [2.24, 2.45) is 5.73 Å². The molecule has 0 atom stereocenters. The van der Waals surface area contributed by atoms with Crippen LogP contribution < -0.4 is 57.1 Å². The summed E-state index contributed by atoms with van der Waals surface area (Å²) >= 11 is 0. The Morgan fingerprint density at radius 2 is 1.93 bits per heavy atom. The van der Waals surface area contributed by atoms with Gasteiger partial charge >= 0.3 is 51.4 Å². The molecular formula is C5H9KN2O5S. The number of carbonyl (C=O) groups excluding carboxylic acids is 2. The van der Waals surface area contributed by atoms with Gasteiger partial charge in [0.1, 0.15) is 0 Å². The maximum atomic E-state index is 10.2. The molecule has 0 aromatic heterocycles. The number of hydrogen-bond donors (Lipinski definition) is 1. The van der Waals surface area contributed by atoms with Crippen LogP contribution in [0.25, 0.3) is 0 Å². The van der Waals surface area contributed by atoms with Crippen molar-refractivity contribution in [2.45, 2.75) is 13.3 Å². The molecule has 7 nitrogen and oxygen atoms in total. The molecule has 0 spiro atoms. The second-order valence-electron chi connectivity index (χ2n) is 2.28. The molecule has 1 aliphatic heterocycles. The molecule has 1 rings (SSSR count). The molecule has 0 saturated carbocycles. The molecule has 1 fully saturated rings. The van der Waals surface area contributed by atoms with Gasteiger partial charge in [-0.25, -0.2) is 12.7 Å². The maximum Gasteiger partial charge on any atom is 1.00 e. The monoisotopic (exact) mass is 248 g/mol. The van der Waals surface area contributed by atoms with Crippen molar-refractivity contribution in [3.05, 3.63) is 0 Å². The fraction of sp³-hybridized carbons (Fsp3) is 0.600. The van der Waals surface area contributed by atoms with Crippen molar-refractivity contribution in [1.82, 2.24) is 4.31 Å². The first-order valence-corrected chi connectivity index (χ1v) is 4.64. The number of nitrogens with zero attached hydrogens (tertiary/aromatic N) is 1.